The lowest BCUT2D eigenvalue weighted by molar-refractivity contribution is -0.125. The van der Waals surface area contributed by atoms with Gasteiger partial charge >= 0.3 is 6.03 Å². The zero-order chi connectivity index (χ0) is 23.2. The Balaban J connectivity index is 1.40. The highest BCUT2D eigenvalue weighted by Gasteiger charge is 2.43. The van der Waals surface area contributed by atoms with Crippen molar-refractivity contribution in [2.45, 2.75) is 25.6 Å². The molecule has 8 heteroatoms. The minimum Gasteiger partial charge on any atom is -0.389 e. The Labute approximate surface area is 193 Å². The number of carbonyl (C=O) groups excluding carboxylic acids is 2. The summed E-state index contributed by atoms with van der Waals surface area (Å²) in [5.74, 6) is -0.329. The number of para-hydroxylation sites is 1. The number of urea groups is 1. The summed E-state index contributed by atoms with van der Waals surface area (Å²) >= 11 is 0. The molecule has 2 unspecified atom stereocenters. The van der Waals surface area contributed by atoms with Gasteiger partial charge in [-0.25, -0.2) is 4.79 Å². The van der Waals surface area contributed by atoms with Crippen LogP contribution < -0.4 is 20.4 Å². The van der Waals surface area contributed by atoms with Gasteiger partial charge in [-0.3, -0.25) is 15.0 Å². The first-order valence-corrected chi connectivity index (χ1v) is 11.3. The summed E-state index contributed by atoms with van der Waals surface area (Å²) < 4.78 is 0. The van der Waals surface area contributed by atoms with Crippen LogP contribution in [0.1, 0.15) is 19.4 Å². The molecule has 0 aliphatic carbocycles. The number of rotatable bonds is 5. The number of anilines is 2. The molecule has 3 N–H and O–H groups in total. The number of β-amino-alcohol motifs (C(OH)–C–C–N with tert-alkyl or cyclic N) is 1. The van der Waals surface area contributed by atoms with Gasteiger partial charge in [-0.1, -0.05) is 30.3 Å². The zero-order valence-electron chi connectivity index (χ0n) is 18.9. The van der Waals surface area contributed by atoms with Crippen LogP contribution in [0.2, 0.25) is 0 Å². The number of amides is 3. The minimum absolute atomic E-state index is 0.00416. The molecule has 2 fully saturated rings. The SMILES string of the molecule is CC(C)(O)CN1CCN(c2ccc(C3=CN(c4ccccc4)C4NCNC(=O)C34)cc2)C1=O. The summed E-state index contributed by atoms with van der Waals surface area (Å²) in [4.78, 5) is 31.1. The molecular formula is C25H29N5O3. The second-order valence-corrected chi connectivity index (χ2v) is 9.39. The van der Waals surface area contributed by atoms with Crippen molar-refractivity contribution in [3.63, 3.8) is 0 Å². The quantitative estimate of drug-likeness (QED) is 0.654. The van der Waals surface area contributed by atoms with E-state index in [1.807, 2.05) is 60.8 Å². The average molecular weight is 448 g/mol. The first-order chi connectivity index (χ1) is 15.8. The van der Waals surface area contributed by atoms with E-state index in [1.165, 1.54) is 0 Å². The molecule has 5 rings (SSSR count). The molecule has 172 valence electrons. The molecule has 2 aromatic carbocycles. The molecule has 3 heterocycles. The Morgan fingerprint density at radius 3 is 2.42 bits per heavy atom. The van der Waals surface area contributed by atoms with E-state index >= 15 is 0 Å². The maximum atomic E-state index is 12.8. The average Bonchev–Trinajstić information content (AvgIpc) is 3.35. The van der Waals surface area contributed by atoms with Crippen LogP contribution in [0.15, 0.2) is 60.8 Å². The Kier molecular flexibility index (Phi) is 5.34. The second-order valence-electron chi connectivity index (χ2n) is 9.39. The van der Waals surface area contributed by atoms with Crippen LogP contribution in [0.3, 0.4) is 0 Å². The van der Waals surface area contributed by atoms with Crippen LogP contribution in [0, 0.1) is 5.92 Å². The molecule has 2 aromatic rings. The predicted molar refractivity (Wildman–Crippen MR) is 127 cm³/mol. The van der Waals surface area contributed by atoms with E-state index in [1.54, 1.807) is 23.6 Å². The van der Waals surface area contributed by atoms with E-state index in [9.17, 15) is 14.7 Å². The summed E-state index contributed by atoms with van der Waals surface area (Å²) in [6.45, 7) is 5.30. The van der Waals surface area contributed by atoms with Gasteiger partial charge in [-0.15, -0.1) is 0 Å². The summed E-state index contributed by atoms with van der Waals surface area (Å²) in [5, 5.41) is 16.4. The third-order valence-corrected chi connectivity index (χ3v) is 6.32. The normalized spacial score (nSPS) is 23.0. The standard InChI is InChI=1S/C25H29N5O3/c1-25(2,33)15-28-12-13-29(24(28)32)19-10-8-17(9-11-19)20-14-30(18-6-4-3-5-7-18)22-21(20)23(31)27-16-26-22/h3-11,14,21-22,26,33H,12-13,15-16H2,1-2H3,(H,27,31). The number of nitrogens with zero attached hydrogens (tertiary/aromatic N) is 3. The number of hydrogen-bond donors (Lipinski definition) is 3. The maximum Gasteiger partial charge on any atom is 0.324 e. The van der Waals surface area contributed by atoms with Gasteiger partial charge in [-0.05, 0) is 49.2 Å². The molecule has 2 saturated heterocycles. The molecule has 3 aliphatic rings. The van der Waals surface area contributed by atoms with Crippen molar-refractivity contribution in [3.8, 4) is 0 Å². The molecule has 0 radical (unpaired) electrons. The Bertz CT molecular complexity index is 1080. The van der Waals surface area contributed by atoms with Crippen molar-refractivity contribution in [2.75, 3.05) is 36.1 Å². The molecule has 0 bridgehead atoms. The number of hydrogen-bond acceptors (Lipinski definition) is 5. The van der Waals surface area contributed by atoms with Gasteiger partial charge in [0.2, 0.25) is 5.91 Å². The number of carbonyl (C=O) groups is 2. The van der Waals surface area contributed by atoms with Gasteiger partial charge in [0.15, 0.2) is 0 Å². The van der Waals surface area contributed by atoms with E-state index in [-0.39, 0.29) is 24.0 Å². The smallest absolute Gasteiger partial charge is 0.324 e. The van der Waals surface area contributed by atoms with Gasteiger partial charge in [-0.2, -0.15) is 0 Å². The zero-order valence-corrected chi connectivity index (χ0v) is 18.9. The minimum atomic E-state index is -0.930. The van der Waals surface area contributed by atoms with Gasteiger partial charge in [0.05, 0.1) is 24.7 Å². The van der Waals surface area contributed by atoms with Gasteiger partial charge < -0.3 is 20.2 Å². The lowest BCUT2D eigenvalue weighted by Gasteiger charge is -2.34. The summed E-state index contributed by atoms with van der Waals surface area (Å²) in [6, 6.07) is 17.7. The number of benzene rings is 2. The maximum absolute atomic E-state index is 12.8. The third kappa shape index (κ3) is 4.07. The Morgan fingerprint density at radius 1 is 1.00 bits per heavy atom. The highest BCUT2D eigenvalue weighted by Crippen LogP contribution is 2.39. The van der Waals surface area contributed by atoms with Crippen LogP contribution >= 0.6 is 0 Å². The van der Waals surface area contributed by atoms with E-state index in [2.05, 4.69) is 15.5 Å². The van der Waals surface area contributed by atoms with Crippen LogP contribution in [0.5, 0.6) is 0 Å². The molecule has 3 amide bonds. The van der Waals surface area contributed by atoms with Crippen LogP contribution in [0.4, 0.5) is 16.2 Å². The summed E-state index contributed by atoms with van der Waals surface area (Å²) in [6.07, 6.45) is 1.90. The highest BCUT2D eigenvalue weighted by molar-refractivity contribution is 5.97. The number of fused-ring (bicyclic) bond motifs is 1. The molecule has 33 heavy (non-hydrogen) atoms. The van der Waals surface area contributed by atoms with E-state index < -0.39 is 5.60 Å². The number of nitrogens with one attached hydrogen (secondary N) is 2. The topological polar surface area (TPSA) is 88.2 Å². The van der Waals surface area contributed by atoms with Crippen molar-refractivity contribution in [2.24, 2.45) is 5.92 Å². The molecule has 0 spiro atoms. The Morgan fingerprint density at radius 2 is 1.73 bits per heavy atom. The predicted octanol–water partition coefficient (Wildman–Crippen LogP) is 2.18. The van der Waals surface area contributed by atoms with Crippen LogP contribution in [0.25, 0.3) is 5.57 Å². The number of aliphatic hydroxyl groups is 1. The van der Waals surface area contributed by atoms with E-state index in [4.69, 9.17) is 0 Å². The van der Waals surface area contributed by atoms with Crippen molar-refractivity contribution < 1.29 is 14.7 Å². The monoisotopic (exact) mass is 447 g/mol. The lowest BCUT2D eigenvalue weighted by Crippen LogP contribution is -2.58. The van der Waals surface area contributed by atoms with Gasteiger partial charge in [0.1, 0.15) is 6.17 Å². The largest absolute Gasteiger partial charge is 0.389 e. The van der Waals surface area contributed by atoms with Crippen molar-refractivity contribution >= 4 is 28.9 Å². The first-order valence-electron chi connectivity index (χ1n) is 11.3. The van der Waals surface area contributed by atoms with Crippen molar-refractivity contribution in [1.29, 1.82) is 0 Å². The van der Waals surface area contributed by atoms with E-state index in [0.29, 0.717) is 26.3 Å². The van der Waals surface area contributed by atoms with Crippen molar-refractivity contribution in [1.82, 2.24) is 15.5 Å². The molecule has 8 nitrogen and oxygen atoms in total. The summed E-state index contributed by atoms with van der Waals surface area (Å²) in [7, 11) is 0. The van der Waals surface area contributed by atoms with Crippen LogP contribution in [-0.2, 0) is 4.79 Å². The fraction of sp³-hybridized carbons (Fsp3) is 0.360. The molecule has 2 atom stereocenters. The fourth-order valence-corrected chi connectivity index (χ4v) is 4.85. The lowest BCUT2D eigenvalue weighted by atomic mass is 9.91. The van der Waals surface area contributed by atoms with Gasteiger partial charge in [0, 0.05) is 30.7 Å². The van der Waals surface area contributed by atoms with Gasteiger partial charge in [0.25, 0.3) is 0 Å². The molecule has 3 aliphatic heterocycles. The van der Waals surface area contributed by atoms with Crippen LogP contribution in [-0.4, -0.2) is 60.0 Å². The van der Waals surface area contributed by atoms with E-state index in [0.717, 1.165) is 22.5 Å². The van der Waals surface area contributed by atoms with Crippen molar-refractivity contribution in [3.05, 3.63) is 66.4 Å². The molecular weight excluding hydrogens is 418 g/mol. The highest BCUT2D eigenvalue weighted by atomic mass is 16.3. The fourth-order valence-electron chi connectivity index (χ4n) is 4.85. The Hall–Kier alpha value is -3.36. The second kappa shape index (κ2) is 8.20. The third-order valence-electron chi connectivity index (χ3n) is 6.32. The summed E-state index contributed by atoms with van der Waals surface area (Å²) in [5.41, 5.74) is 2.79. The molecule has 0 aromatic heterocycles. The first kappa shape index (κ1) is 21.5. The molecule has 0 saturated carbocycles.